The van der Waals surface area contributed by atoms with Gasteiger partial charge in [-0.25, -0.2) is 9.97 Å². The summed E-state index contributed by atoms with van der Waals surface area (Å²) in [7, 11) is 0. The first-order chi connectivity index (χ1) is 10.3. The zero-order valence-corrected chi connectivity index (χ0v) is 13.2. The van der Waals surface area contributed by atoms with Gasteiger partial charge >= 0.3 is 0 Å². The SMILES string of the molecule is CC(C)(O)O.Cc1ncnc2c1ccn2C1C=C(CO)CC1. The van der Waals surface area contributed by atoms with Crippen molar-refractivity contribution in [2.24, 2.45) is 0 Å². The average Bonchev–Trinajstić information content (AvgIpc) is 3.02. The number of aryl methyl sites for hydroxylation is 1. The first kappa shape index (κ1) is 16.6. The lowest BCUT2D eigenvalue weighted by molar-refractivity contribution is -0.127. The van der Waals surface area contributed by atoms with E-state index in [1.807, 2.05) is 6.92 Å². The molecule has 22 heavy (non-hydrogen) atoms. The van der Waals surface area contributed by atoms with Gasteiger partial charge < -0.3 is 19.9 Å². The van der Waals surface area contributed by atoms with Crippen molar-refractivity contribution in [2.45, 2.75) is 45.4 Å². The minimum Gasteiger partial charge on any atom is -0.392 e. The molecule has 0 aromatic carbocycles. The highest BCUT2D eigenvalue weighted by Gasteiger charge is 2.18. The van der Waals surface area contributed by atoms with Gasteiger partial charge in [0.2, 0.25) is 0 Å². The molecule has 0 saturated carbocycles. The predicted octanol–water partition coefficient (Wildman–Crippen LogP) is 1.70. The summed E-state index contributed by atoms with van der Waals surface area (Å²) >= 11 is 0. The van der Waals surface area contributed by atoms with Crippen molar-refractivity contribution >= 4 is 11.0 Å². The molecule has 120 valence electrons. The molecule has 1 atom stereocenters. The molecule has 3 rings (SSSR count). The number of aromatic nitrogens is 3. The van der Waals surface area contributed by atoms with Crippen LogP contribution < -0.4 is 0 Å². The van der Waals surface area contributed by atoms with Crippen LogP contribution in [0, 0.1) is 6.92 Å². The summed E-state index contributed by atoms with van der Waals surface area (Å²) in [5.41, 5.74) is 3.12. The predicted molar refractivity (Wildman–Crippen MR) is 84.2 cm³/mol. The molecule has 0 bridgehead atoms. The minimum absolute atomic E-state index is 0.170. The second-order valence-electron chi connectivity index (χ2n) is 6.00. The first-order valence-electron chi connectivity index (χ1n) is 7.33. The average molecular weight is 305 g/mol. The molecule has 0 fully saturated rings. The van der Waals surface area contributed by atoms with E-state index in [1.54, 1.807) is 6.33 Å². The summed E-state index contributed by atoms with van der Waals surface area (Å²) in [4.78, 5) is 8.56. The molecule has 3 N–H and O–H groups in total. The molecule has 0 aliphatic heterocycles. The van der Waals surface area contributed by atoms with E-state index in [-0.39, 0.29) is 6.61 Å². The van der Waals surface area contributed by atoms with Gasteiger partial charge in [0.15, 0.2) is 5.79 Å². The van der Waals surface area contributed by atoms with Crippen LogP contribution in [-0.4, -0.2) is 42.2 Å². The number of allylic oxidation sites excluding steroid dienone is 1. The van der Waals surface area contributed by atoms with E-state index < -0.39 is 5.79 Å². The molecular weight excluding hydrogens is 282 g/mol. The molecule has 1 aliphatic rings. The lowest BCUT2D eigenvalue weighted by atomic mass is 10.2. The molecule has 6 nitrogen and oxygen atoms in total. The molecule has 0 spiro atoms. The Kier molecular flexibility index (Phi) is 4.95. The molecule has 0 radical (unpaired) electrons. The summed E-state index contributed by atoms with van der Waals surface area (Å²) in [6.45, 7) is 4.77. The van der Waals surface area contributed by atoms with Crippen LogP contribution in [0.3, 0.4) is 0 Å². The number of nitrogens with zero attached hydrogens (tertiary/aromatic N) is 3. The quantitative estimate of drug-likeness (QED) is 0.580. The van der Waals surface area contributed by atoms with Crippen molar-refractivity contribution in [1.82, 2.24) is 14.5 Å². The van der Waals surface area contributed by atoms with Crippen molar-refractivity contribution in [3.63, 3.8) is 0 Å². The number of fused-ring (bicyclic) bond motifs is 1. The fourth-order valence-corrected chi connectivity index (χ4v) is 2.49. The topological polar surface area (TPSA) is 91.4 Å². The first-order valence-corrected chi connectivity index (χ1v) is 7.33. The van der Waals surface area contributed by atoms with E-state index in [0.29, 0.717) is 6.04 Å². The highest BCUT2D eigenvalue weighted by atomic mass is 16.5. The molecule has 1 unspecified atom stereocenters. The van der Waals surface area contributed by atoms with Gasteiger partial charge in [-0.05, 0) is 45.3 Å². The highest BCUT2D eigenvalue weighted by Crippen LogP contribution is 2.31. The zero-order chi connectivity index (χ0) is 16.3. The van der Waals surface area contributed by atoms with Gasteiger partial charge in [0, 0.05) is 11.6 Å². The molecule has 0 amide bonds. The van der Waals surface area contributed by atoms with Gasteiger partial charge in [0.1, 0.15) is 12.0 Å². The van der Waals surface area contributed by atoms with Crippen molar-refractivity contribution < 1.29 is 15.3 Å². The molecule has 0 saturated heterocycles. The third-order valence-corrected chi connectivity index (χ3v) is 3.46. The smallest absolute Gasteiger partial charge is 0.156 e. The molecule has 2 aromatic heterocycles. The summed E-state index contributed by atoms with van der Waals surface area (Å²) in [6.07, 6.45) is 7.85. The Labute approximate surface area is 129 Å². The van der Waals surface area contributed by atoms with Crippen molar-refractivity contribution in [3.05, 3.63) is 35.9 Å². The number of aliphatic hydroxyl groups excluding tert-OH is 1. The maximum absolute atomic E-state index is 9.14. The van der Waals surface area contributed by atoms with Crippen LogP contribution in [-0.2, 0) is 0 Å². The van der Waals surface area contributed by atoms with Crippen LogP contribution >= 0.6 is 0 Å². The summed E-state index contributed by atoms with van der Waals surface area (Å²) < 4.78 is 2.17. The number of rotatable bonds is 2. The van der Waals surface area contributed by atoms with Gasteiger partial charge in [-0.15, -0.1) is 0 Å². The second kappa shape index (κ2) is 6.56. The summed E-state index contributed by atoms with van der Waals surface area (Å²) in [5, 5.41) is 26.4. The number of aliphatic hydroxyl groups is 3. The Morgan fingerprint density at radius 1 is 1.32 bits per heavy atom. The monoisotopic (exact) mass is 305 g/mol. The fourth-order valence-electron chi connectivity index (χ4n) is 2.49. The van der Waals surface area contributed by atoms with Crippen molar-refractivity contribution in [3.8, 4) is 0 Å². The lowest BCUT2D eigenvalue weighted by Crippen LogP contribution is -2.15. The van der Waals surface area contributed by atoms with E-state index in [2.05, 4.69) is 32.9 Å². The zero-order valence-electron chi connectivity index (χ0n) is 13.2. The maximum Gasteiger partial charge on any atom is 0.156 e. The Balaban J connectivity index is 0.000000309. The van der Waals surface area contributed by atoms with Crippen LogP contribution in [0.15, 0.2) is 30.2 Å². The third kappa shape index (κ3) is 4.13. The van der Waals surface area contributed by atoms with E-state index in [4.69, 9.17) is 15.3 Å². The molecule has 2 aromatic rings. The lowest BCUT2D eigenvalue weighted by Gasteiger charge is -2.10. The van der Waals surface area contributed by atoms with Crippen molar-refractivity contribution in [1.29, 1.82) is 0 Å². The molecule has 6 heteroatoms. The molecular formula is C16H23N3O3. The van der Waals surface area contributed by atoms with Crippen LogP contribution in [0.5, 0.6) is 0 Å². The van der Waals surface area contributed by atoms with Crippen molar-refractivity contribution in [2.75, 3.05) is 6.61 Å². The van der Waals surface area contributed by atoms with Crippen LogP contribution in [0.1, 0.15) is 38.4 Å². The largest absolute Gasteiger partial charge is 0.392 e. The fraction of sp³-hybridized carbons (Fsp3) is 0.500. The third-order valence-electron chi connectivity index (χ3n) is 3.46. The van der Waals surface area contributed by atoms with Gasteiger partial charge in [-0.3, -0.25) is 0 Å². The standard InChI is InChI=1S/C13H15N3O.C3H8O2/c1-9-12-4-5-16(13(12)15-8-14-9)11-3-2-10(6-11)7-17;1-3(2,4)5/h4-6,8,11,17H,2-3,7H2,1H3;4-5H,1-2H3. The van der Waals surface area contributed by atoms with Gasteiger partial charge in [0.25, 0.3) is 0 Å². The normalized spacial score (nSPS) is 18.1. The Hall–Kier alpha value is -1.76. The highest BCUT2D eigenvalue weighted by molar-refractivity contribution is 5.78. The summed E-state index contributed by atoms with van der Waals surface area (Å²) in [5.74, 6) is -1.50. The van der Waals surface area contributed by atoms with Crippen LogP contribution in [0.4, 0.5) is 0 Å². The number of hydrogen-bond donors (Lipinski definition) is 3. The van der Waals surface area contributed by atoms with Gasteiger partial charge in [0.05, 0.1) is 18.3 Å². The Morgan fingerprint density at radius 3 is 2.59 bits per heavy atom. The van der Waals surface area contributed by atoms with Gasteiger partial charge in [-0.1, -0.05) is 6.08 Å². The maximum atomic E-state index is 9.14. The van der Waals surface area contributed by atoms with Crippen LogP contribution in [0.25, 0.3) is 11.0 Å². The van der Waals surface area contributed by atoms with E-state index in [0.717, 1.165) is 35.1 Å². The minimum atomic E-state index is -1.50. The Morgan fingerprint density at radius 2 is 2.00 bits per heavy atom. The second-order valence-corrected chi connectivity index (χ2v) is 6.00. The van der Waals surface area contributed by atoms with Crippen LogP contribution in [0.2, 0.25) is 0 Å². The van der Waals surface area contributed by atoms with Gasteiger partial charge in [-0.2, -0.15) is 0 Å². The Bertz CT molecular complexity index is 665. The summed E-state index contributed by atoms with van der Waals surface area (Å²) in [6, 6.07) is 2.39. The van der Waals surface area contributed by atoms with E-state index in [9.17, 15) is 0 Å². The molecule has 1 aliphatic carbocycles. The molecule has 2 heterocycles. The number of hydrogen-bond acceptors (Lipinski definition) is 5. The van der Waals surface area contributed by atoms with E-state index >= 15 is 0 Å². The van der Waals surface area contributed by atoms with E-state index in [1.165, 1.54) is 13.8 Å².